The van der Waals surface area contributed by atoms with Gasteiger partial charge in [-0.1, -0.05) is 48.9 Å². The van der Waals surface area contributed by atoms with Gasteiger partial charge in [-0.25, -0.2) is 0 Å². The van der Waals surface area contributed by atoms with E-state index in [2.05, 4.69) is 80.8 Å². The second kappa shape index (κ2) is 13.7. The highest BCUT2D eigenvalue weighted by molar-refractivity contribution is 7.80. The van der Waals surface area contributed by atoms with Gasteiger partial charge in [0.1, 0.15) is 11.6 Å². The van der Waals surface area contributed by atoms with Gasteiger partial charge in [0.2, 0.25) is 5.95 Å². The first-order valence-electron chi connectivity index (χ1n) is 15.6. The zero-order valence-electron chi connectivity index (χ0n) is 25.0. The molecule has 10 heteroatoms. The lowest BCUT2D eigenvalue weighted by Gasteiger charge is -2.38. The van der Waals surface area contributed by atoms with Gasteiger partial charge in [0.25, 0.3) is 0 Å². The first kappa shape index (κ1) is 29.9. The molecule has 2 aromatic carbocycles. The van der Waals surface area contributed by atoms with Crippen molar-refractivity contribution in [2.24, 2.45) is 5.92 Å². The van der Waals surface area contributed by atoms with Crippen LogP contribution < -0.4 is 25.3 Å². The zero-order valence-corrected chi connectivity index (χ0v) is 26.5. The molecule has 0 amide bonds. The minimum atomic E-state index is -0.0780. The molecule has 0 saturated carbocycles. The summed E-state index contributed by atoms with van der Waals surface area (Å²) in [6.07, 6.45) is 4.19. The molecule has 0 bridgehead atoms. The summed E-state index contributed by atoms with van der Waals surface area (Å²) in [7, 11) is 0. The molecule has 0 spiro atoms. The molecule has 1 aromatic heterocycles. The summed E-state index contributed by atoms with van der Waals surface area (Å²) in [6.45, 7) is 10.2. The van der Waals surface area contributed by atoms with Crippen LogP contribution in [0.3, 0.4) is 0 Å². The van der Waals surface area contributed by atoms with E-state index in [9.17, 15) is 0 Å². The van der Waals surface area contributed by atoms with Crippen molar-refractivity contribution in [3.8, 4) is 0 Å². The molecule has 3 fully saturated rings. The van der Waals surface area contributed by atoms with Crippen LogP contribution in [-0.2, 0) is 10.2 Å². The zero-order chi connectivity index (χ0) is 29.6. The number of anilines is 4. The van der Waals surface area contributed by atoms with Gasteiger partial charge < -0.3 is 30.1 Å². The van der Waals surface area contributed by atoms with E-state index in [0.29, 0.717) is 17.6 Å². The molecule has 2 N–H and O–H groups in total. The second-order valence-electron chi connectivity index (χ2n) is 12.1. The molecule has 3 saturated heterocycles. The highest BCUT2D eigenvalue weighted by Gasteiger charge is 2.34. The minimum absolute atomic E-state index is 0.0780. The van der Waals surface area contributed by atoms with Crippen molar-refractivity contribution in [3.63, 3.8) is 0 Å². The number of nitrogens with one attached hydrogen (secondary N) is 2. The van der Waals surface area contributed by atoms with Crippen LogP contribution in [0.2, 0.25) is 5.02 Å². The Morgan fingerprint density at radius 1 is 0.884 bits per heavy atom. The van der Waals surface area contributed by atoms with Gasteiger partial charge in [0.15, 0.2) is 5.11 Å². The maximum absolute atomic E-state index is 6.20. The number of halogens is 1. The number of para-hydroxylation sites is 1. The topological polar surface area (TPSA) is 68.8 Å². The quantitative estimate of drug-likeness (QED) is 0.323. The van der Waals surface area contributed by atoms with Crippen LogP contribution in [0.15, 0.2) is 60.7 Å². The third-order valence-corrected chi connectivity index (χ3v) is 9.75. The largest absolute Gasteiger partial charge is 0.381 e. The molecule has 6 rings (SSSR count). The number of piperazine rings is 1. The van der Waals surface area contributed by atoms with Gasteiger partial charge in [0.05, 0.1) is 0 Å². The maximum Gasteiger partial charge on any atom is 0.232 e. The number of piperidine rings is 1. The average Bonchev–Trinajstić information content (AvgIpc) is 3.05. The first-order chi connectivity index (χ1) is 21.0. The molecule has 4 heterocycles. The third-order valence-electron chi connectivity index (χ3n) is 9.25. The van der Waals surface area contributed by atoms with Crippen LogP contribution in [0.4, 0.5) is 23.3 Å². The van der Waals surface area contributed by atoms with Crippen molar-refractivity contribution in [2.75, 3.05) is 79.0 Å². The Hall–Kier alpha value is -3.14. The molecular weight excluding hydrogens is 578 g/mol. The number of nitrogens with zero attached hydrogens (tertiary/aromatic N) is 5. The van der Waals surface area contributed by atoms with Crippen LogP contribution >= 0.6 is 23.8 Å². The fourth-order valence-electron chi connectivity index (χ4n) is 6.40. The molecule has 3 aromatic rings. The van der Waals surface area contributed by atoms with E-state index < -0.39 is 0 Å². The van der Waals surface area contributed by atoms with E-state index in [0.717, 1.165) is 87.9 Å². The summed E-state index contributed by atoms with van der Waals surface area (Å²) in [5, 5.41) is 8.12. The smallest absolute Gasteiger partial charge is 0.232 e. The summed E-state index contributed by atoms with van der Waals surface area (Å²) in [6, 6.07) is 21.0. The third kappa shape index (κ3) is 7.33. The van der Waals surface area contributed by atoms with Crippen LogP contribution in [-0.4, -0.2) is 74.1 Å². The molecular formula is C33H42ClN7OS. The Kier molecular flexibility index (Phi) is 9.50. The summed E-state index contributed by atoms with van der Waals surface area (Å²) in [5.41, 5.74) is 2.45. The van der Waals surface area contributed by atoms with E-state index in [-0.39, 0.29) is 5.41 Å². The number of benzene rings is 2. The van der Waals surface area contributed by atoms with Gasteiger partial charge >= 0.3 is 0 Å². The van der Waals surface area contributed by atoms with Crippen molar-refractivity contribution >= 4 is 52.2 Å². The van der Waals surface area contributed by atoms with Gasteiger partial charge in [-0.05, 0) is 73.6 Å². The van der Waals surface area contributed by atoms with Crippen molar-refractivity contribution < 1.29 is 4.74 Å². The highest BCUT2D eigenvalue weighted by Crippen LogP contribution is 2.35. The Balaban J connectivity index is 1.17. The van der Waals surface area contributed by atoms with Gasteiger partial charge in [0, 0.05) is 81.2 Å². The van der Waals surface area contributed by atoms with Crippen LogP contribution in [0.25, 0.3) is 0 Å². The fourth-order valence-corrected chi connectivity index (χ4v) is 6.69. The summed E-state index contributed by atoms with van der Waals surface area (Å²) < 4.78 is 5.72. The molecule has 43 heavy (non-hydrogen) atoms. The lowest BCUT2D eigenvalue weighted by molar-refractivity contribution is 0.0515. The molecule has 3 aliphatic heterocycles. The number of thiocarbonyl (C=S) groups is 1. The summed E-state index contributed by atoms with van der Waals surface area (Å²) in [4.78, 5) is 17.1. The summed E-state index contributed by atoms with van der Waals surface area (Å²) >= 11 is 12.0. The number of hydrogen-bond donors (Lipinski definition) is 2. The van der Waals surface area contributed by atoms with Crippen molar-refractivity contribution in [3.05, 3.63) is 71.2 Å². The van der Waals surface area contributed by atoms with Crippen LogP contribution in [0.1, 0.15) is 38.2 Å². The Morgan fingerprint density at radius 3 is 2.14 bits per heavy atom. The molecule has 0 aliphatic carbocycles. The van der Waals surface area contributed by atoms with Gasteiger partial charge in [-0.2, -0.15) is 9.97 Å². The standard InChI is InChI=1S/C33H42ClN7OS/c1-25-11-15-40(16-12-25)29-23-30(41-19-17-39(18-20-41)28-5-3-2-4-6-28)37-31(36-29)38-32(43)35-24-33(13-21-42-22-14-33)26-7-9-27(34)10-8-26/h2-10,23,25H,11-22,24H2,1H3,(H2,35,36,37,38,43). The van der Waals surface area contributed by atoms with E-state index in [4.69, 9.17) is 38.5 Å². The summed E-state index contributed by atoms with van der Waals surface area (Å²) in [5.74, 6) is 3.20. The van der Waals surface area contributed by atoms with Crippen molar-refractivity contribution in [1.82, 2.24) is 15.3 Å². The molecule has 0 unspecified atom stereocenters. The predicted octanol–water partition coefficient (Wildman–Crippen LogP) is 5.73. The van der Waals surface area contributed by atoms with Gasteiger partial charge in [-0.15, -0.1) is 0 Å². The van der Waals surface area contributed by atoms with Crippen LogP contribution in [0, 0.1) is 5.92 Å². The maximum atomic E-state index is 6.20. The Labute approximate surface area is 265 Å². The Bertz CT molecular complexity index is 1350. The average molecular weight is 620 g/mol. The predicted molar refractivity (Wildman–Crippen MR) is 181 cm³/mol. The van der Waals surface area contributed by atoms with Crippen LogP contribution in [0.5, 0.6) is 0 Å². The molecule has 3 aliphatic rings. The number of hydrogen-bond acceptors (Lipinski definition) is 7. The van der Waals surface area contributed by atoms with E-state index >= 15 is 0 Å². The van der Waals surface area contributed by atoms with E-state index in [1.54, 1.807) is 0 Å². The Morgan fingerprint density at radius 2 is 1.49 bits per heavy atom. The van der Waals surface area contributed by atoms with E-state index in [1.165, 1.54) is 24.1 Å². The monoisotopic (exact) mass is 619 g/mol. The normalized spacial score (nSPS) is 19.3. The molecule has 228 valence electrons. The number of ether oxygens (including phenoxy) is 1. The van der Waals surface area contributed by atoms with Crippen molar-refractivity contribution in [1.29, 1.82) is 0 Å². The number of aromatic nitrogens is 2. The van der Waals surface area contributed by atoms with E-state index in [1.807, 2.05) is 12.1 Å². The fraction of sp³-hybridized carbons (Fsp3) is 0.485. The van der Waals surface area contributed by atoms with Crippen molar-refractivity contribution in [2.45, 2.75) is 38.0 Å². The van der Waals surface area contributed by atoms with Gasteiger partial charge in [-0.3, -0.25) is 0 Å². The molecule has 0 radical (unpaired) electrons. The number of rotatable bonds is 7. The molecule has 0 atom stereocenters. The first-order valence-corrected chi connectivity index (χ1v) is 16.3. The SMILES string of the molecule is CC1CCN(c2cc(N3CCN(c4ccccc4)CC3)nc(NC(=S)NCC3(c4ccc(Cl)cc4)CCOCC3)n2)CC1. The lowest BCUT2D eigenvalue weighted by atomic mass is 9.74. The lowest BCUT2D eigenvalue weighted by Crippen LogP contribution is -2.47. The minimum Gasteiger partial charge on any atom is -0.381 e. The second-order valence-corrected chi connectivity index (χ2v) is 12.9. The highest BCUT2D eigenvalue weighted by atomic mass is 35.5. The molecule has 8 nitrogen and oxygen atoms in total.